The summed E-state index contributed by atoms with van der Waals surface area (Å²) in [4.78, 5) is 15.0. The van der Waals surface area contributed by atoms with Crippen LogP contribution in [0.5, 0.6) is 11.5 Å². The van der Waals surface area contributed by atoms with Crippen LogP contribution < -0.4 is 9.47 Å². The number of sulfone groups is 1. The van der Waals surface area contributed by atoms with Crippen molar-refractivity contribution in [2.75, 3.05) is 18.1 Å². The predicted molar refractivity (Wildman–Crippen MR) is 121 cm³/mol. The maximum Gasteiger partial charge on any atom is 0.263 e. The van der Waals surface area contributed by atoms with Crippen LogP contribution in [-0.4, -0.2) is 49.5 Å². The molecule has 3 rings (SSSR count). The normalized spacial score (nSPS) is 18.4. The number of ether oxygens (including phenoxy) is 2. The van der Waals surface area contributed by atoms with Gasteiger partial charge in [0.25, 0.3) is 5.91 Å². The van der Waals surface area contributed by atoms with Gasteiger partial charge in [-0.25, -0.2) is 8.42 Å². The molecular weight excluding hydrogens is 438 g/mol. The van der Waals surface area contributed by atoms with Gasteiger partial charge in [-0.3, -0.25) is 4.79 Å². The minimum absolute atomic E-state index is 0.0253. The van der Waals surface area contributed by atoms with Crippen LogP contribution in [0.4, 0.5) is 0 Å². The fraction of sp³-hybridized carbons (Fsp3) is 0.435. The molecular formula is C23H28ClNO5S. The highest BCUT2D eigenvalue weighted by molar-refractivity contribution is 7.91. The number of rotatable bonds is 8. The zero-order valence-electron chi connectivity index (χ0n) is 18.0. The molecule has 31 heavy (non-hydrogen) atoms. The van der Waals surface area contributed by atoms with Crippen LogP contribution >= 0.6 is 11.6 Å². The number of carbonyl (C=O) groups excluding carboxylic acids is 1. The molecule has 0 aromatic heterocycles. The van der Waals surface area contributed by atoms with Crippen molar-refractivity contribution in [2.24, 2.45) is 0 Å². The summed E-state index contributed by atoms with van der Waals surface area (Å²) in [6, 6.07) is 12.3. The van der Waals surface area contributed by atoms with Gasteiger partial charge in [-0.05, 0) is 68.7 Å². The van der Waals surface area contributed by atoms with Crippen molar-refractivity contribution in [3.8, 4) is 11.5 Å². The smallest absolute Gasteiger partial charge is 0.263 e. The van der Waals surface area contributed by atoms with E-state index in [0.29, 0.717) is 30.3 Å². The molecule has 0 unspecified atom stereocenters. The molecule has 168 valence electrons. The Balaban J connectivity index is 1.79. The van der Waals surface area contributed by atoms with Crippen molar-refractivity contribution in [3.63, 3.8) is 0 Å². The largest absolute Gasteiger partial charge is 0.494 e. The molecule has 2 atom stereocenters. The number of benzene rings is 2. The maximum atomic E-state index is 13.3. The Hall–Kier alpha value is -2.25. The zero-order chi connectivity index (χ0) is 22.6. The monoisotopic (exact) mass is 465 g/mol. The number of carbonyl (C=O) groups is 1. The highest BCUT2D eigenvalue weighted by atomic mass is 35.5. The van der Waals surface area contributed by atoms with Gasteiger partial charge >= 0.3 is 0 Å². The van der Waals surface area contributed by atoms with Crippen molar-refractivity contribution in [3.05, 3.63) is 58.6 Å². The average molecular weight is 466 g/mol. The van der Waals surface area contributed by atoms with E-state index in [1.165, 1.54) is 0 Å². The third kappa shape index (κ3) is 6.14. The standard InChI is InChI=1S/C23H28ClNO5S/c1-4-29-20-7-5-18(6-8-20)14-25(19-11-12-31(27,28)15-19)23(26)17(3)30-21-9-10-22(24)16(2)13-21/h5-10,13,17,19H,4,11-12,14-15H2,1-3H3/t17-,19+/m1/s1. The second-order valence-corrected chi connectivity index (χ2v) is 10.4. The molecule has 1 aliphatic heterocycles. The molecule has 0 saturated carbocycles. The fourth-order valence-electron chi connectivity index (χ4n) is 3.64. The molecule has 2 aromatic rings. The van der Waals surface area contributed by atoms with Gasteiger partial charge in [0, 0.05) is 17.6 Å². The summed E-state index contributed by atoms with van der Waals surface area (Å²) in [6.07, 6.45) is -0.343. The van der Waals surface area contributed by atoms with E-state index in [1.807, 2.05) is 38.1 Å². The summed E-state index contributed by atoms with van der Waals surface area (Å²) in [5, 5.41) is 0.625. The third-order valence-electron chi connectivity index (χ3n) is 5.31. The lowest BCUT2D eigenvalue weighted by atomic mass is 10.1. The van der Waals surface area contributed by atoms with Gasteiger partial charge in [0.1, 0.15) is 11.5 Å². The molecule has 8 heteroatoms. The molecule has 1 heterocycles. The Kier molecular flexibility index (Phi) is 7.49. The van der Waals surface area contributed by atoms with Gasteiger partial charge in [-0.2, -0.15) is 0 Å². The number of amides is 1. The first-order valence-corrected chi connectivity index (χ1v) is 12.5. The van der Waals surface area contributed by atoms with E-state index in [9.17, 15) is 13.2 Å². The molecule has 2 aromatic carbocycles. The second-order valence-electron chi connectivity index (χ2n) is 7.77. The lowest BCUT2D eigenvalue weighted by molar-refractivity contribution is -0.140. The van der Waals surface area contributed by atoms with Crippen LogP contribution in [0.3, 0.4) is 0 Å². The van der Waals surface area contributed by atoms with E-state index in [-0.39, 0.29) is 23.5 Å². The lowest BCUT2D eigenvalue weighted by Gasteiger charge is -2.31. The predicted octanol–water partition coefficient (Wildman–Crippen LogP) is 4.03. The van der Waals surface area contributed by atoms with Crippen molar-refractivity contribution in [1.29, 1.82) is 0 Å². The van der Waals surface area contributed by atoms with Crippen LogP contribution in [0.15, 0.2) is 42.5 Å². The van der Waals surface area contributed by atoms with Gasteiger partial charge in [0.2, 0.25) is 0 Å². The van der Waals surface area contributed by atoms with Gasteiger partial charge in [0.15, 0.2) is 15.9 Å². The molecule has 6 nitrogen and oxygen atoms in total. The molecule has 1 saturated heterocycles. The van der Waals surface area contributed by atoms with Crippen molar-refractivity contribution in [2.45, 2.75) is 45.9 Å². The molecule has 0 radical (unpaired) electrons. The minimum atomic E-state index is -3.14. The lowest BCUT2D eigenvalue weighted by Crippen LogP contribution is -2.46. The minimum Gasteiger partial charge on any atom is -0.494 e. The quantitative estimate of drug-likeness (QED) is 0.588. The first-order chi connectivity index (χ1) is 14.7. The van der Waals surface area contributed by atoms with E-state index in [1.54, 1.807) is 30.0 Å². The van der Waals surface area contributed by atoms with E-state index in [2.05, 4.69) is 0 Å². The Morgan fingerprint density at radius 3 is 2.45 bits per heavy atom. The van der Waals surface area contributed by atoms with Crippen LogP contribution in [0.1, 0.15) is 31.4 Å². The topological polar surface area (TPSA) is 72.9 Å². The molecule has 0 N–H and O–H groups in total. The van der Waals surface area contributed by atoms with Gasteiger partial charge in [0.05, 0.1) is 18.1 Å². The van der Waals surface area contributed by atoms with Gasteiger partial charge in [-0.1, -0.05) is 23.7 Å². The van der Waals surface area contributed by atoms with E-state index >= 15 is 0 Å². The summed E-state index contributed by atoms with van der Waals surface area (Å²) >= 11 is 6.07. The van der Waals surface area contributed by atoms with Gasteiger partial charge in [-0.15, -0.1) is 0 Å². The second kappa shape index (κ2) is 9.92. The summed E-state index contributed by atoms with van der Waals surface area (Å²) in [5.74, 6) is 1.12. The molecule has 0 aliphatic carbocycles. The molecule has 1 fully saturated rings. The number of hydrogen-bond acceptors (Lipinski definition) is 5. The average Bonchev–Trinajstić information content (AvgIpc) is 3.09. The Morgan fingerprint density at radius 2 is 1.87 bits per heavy atom. The van der Waals surface area contributed by atoms with Crippen molar-refractivity contribution in [1.82, 2.24) is 4.90 Å². The molecule has 0 spiro atoms. The van der Waals surface area contributed by atoms with Crippen molar-refractivity contribution < 1.29 is 22.7 Å². The van der Waals surface area contributed by atoms with E-state index in [0.717, 1.165) is 16.9 Å². The SMILES string of the molecule is CCOc1ccc(CN(C(=O)[C@@H](C)Oc2ccc(Cl)c(C)c2)[C@H]2CCS(=O)(=O)C2)cc1. The third-order valence-corrected chi connectivity index (χ3v) is 7.48. The first kappa shape index (κ1) is 23.4. The van der Waals surface area contributed by atoms with Crippen LogP contribution in [-0.2, 0) is 21.2 Å². The summed E-state index contributed by atoms with van der Waals surface area (Å²) in [7, 11) is -3.14. The van der Waals surface area contributed by atoms with Gasteiger partial charge < -0.3 is 14.4 Å². The molecule has 1 aliphatic rings. The Morgan fingerprint density at radius 1 is 1.19 bits per heavy atom. The number of aryl methyl sites for hydroxylation is 1. The van der Waals surface area contributed by atoms with E-state index in [4.69, 9.17) is 21.1 Å². The fourth-order valence-corrected chi connectivity index (χ4v) is 5.49. The number of halogens is 1. The summed E-state index contributed by atoms with van der Waals surface area (Å²) in [6.45, 7) is 6.34. The molecule has 0 bridgehead atoms. The Labute approximate surface area is 189 Å². The highest BCUT2D eigenvalue weighted by Gasteiger charge is 2.36. The maximum absolute atomic E-state index is 13.3. The highest BCUT2D eigenvalue weighted by Crippen LogP contribution is 2.25. The zero-order valence-corrected chi connectivity index (χ0v) is 19.6. The van der Waals surface area contributed by atoms with Crippen LogP contribution in [0.2, 0.25) is 5.02 Å². The number of hydrogen-bond donors (Lipinski definition) is 0. The van der Waals surface area contributed by atoms with Crippen LogP contribution in [0.25, 0.3) is 0 Å². The van der Waals surface area contributed by atoms with E-state index < -0.39 is 15.9 Å². The summed E-state index contributed by atoms with van der Waals surface area (Å²) < 4.78 is 35.5. The molecule has 1 amide bonds. The Bertz CT molecular complexity index is 1020. The number of nitrogens with zero attached hydrogens (tertiary/aromatic N) is 1. The first-order valence-electron chi connectivity index (χ1n) is 10.3. The van der Waals surface area contributed by atoms with Crippen LogP contribution in [0, 0.1) is 6.92 Å². The summed E-state index contributed by atoms with van der Waals surface area (Å²) in [5.41, 5.74) is 1.75. The van der Waals surface area contributed by atoms with Crippen molar-refractivity contribution >= 4 is 27.3 Å².